The van der Waals surface area contributed by atoms with Crippen molar-refractivity contribution in [1.29, 1.82) is 0 Å². The van der Waals surface area contributed by atoms with Crippen LogP contribution in [0.1, 0.15) is 29.3 Å². The number of allylic oxidation sites excluding steroid dienone is 1. The maximum absolute atomic E-state index is 6.04. The summed E-state index contributed by atoms with van der Waals surface area (Å²) in [4.78, 5) is 4.73. The molecular formula is C19H25N3O3. The topological polar surface area (TPSA) is 57.9 Å². The molecular weight excluding hydrogens is 318 g/mol. The maximum Gasteiger partial charge on any atom is 0.125 e. The minimum absolute atomic E-state index is 0.402. The SMILES string of the molecule is C/C=C/COc1cc(C)c(OCc2cn(C)nc2C=NOC)c(C)c1. The minimum Gasteiger partial charge on any atom is -0.490 e. The van der Waals surface area contributed by atoms with Crippen molar-refractivity contribution in [3.8, 4) is 11.5 Å². The van der Waals surface area contributed by atoms with Crippen LogP contribution in [0.4, 0.5) is 0 Å². The number of aromatic nitrogens is 2. The molecule has 0 amide bonds. The molecule has 0 aliphatic rings. The lowest BCUT2D eigenvalue weighted by Gasteiger charge is -2.14. The summed E-state index contributed by atoms with van der Waals surface area (Å²) in [5, 5.41) is 8.12. The van der Waals surface area contributed by atoms with Gasteiger partial charge < -0.3 is 14.3 Å². The summed E-state index contributed by atoms with van der Waals surface area (Å²) in [6.07, 6.45) is 7.43. The quantitative estimate of drug-likeness (QED) is 0.418. The van der Waals surface area contributed by atoms with Gasteiger partial charge in [-0.2, -0.15) is 5.10 Å². The number of hydrogen-bond acceptors (Lipinski definition) is 5. The van der Waals surface area contributed by atoms with Gasteiger partial charge in [0, 0.05) is 18.8 Å². The largest absolute Gasteiger partial charge is 0.490 e. The van der Waals surface area contributed by atoms with Crippen molar-refractivity contribution in [2.45, 2.75) is 27.4 Å². The van der Waals surface area contributed by atoms with Crippen molar-refractivity contribution in [1.82, 2.24) is 9.78 Å². The molecule has 0 aliphatic heterocycles. The van der Waals surface area contributed by atoms with Crippen molar-refractivity contribution in [3.05, 3.63) is 52.9 Å². The van der Waals surface area contributed by atoms with Crippen LogP contribution in [0.5, 0.6) is 11.5 Å². The first-order chi connectivity index (χ1) is 12.0. The zero-order valence-electron chi connectivity index (χ0n) is 15.4. The molecule has 134 valence electrons. The fraction of sp³-hybridized carbons (Fsp3) is 0.368. The third-order valence-electron chi connectivity index (χ3n) is 3.61. The molecule has 0 unspecified atom stereocenters. The van der Waals surface area contributed by atoms with Crippen LogP contribution in [0.15, 0.2) is 35.6 Å². The van der Waals surface area contributed by atoms with Gasteiger partial charge in [0.05, 0.1) is 6.21 Å². The van der Waals surface area contributed by atoms with Crippen LogP contribution in [0.2, 0.25) is 0 Å². The number of oxime groups is 1. The lowest BCUT2D eigenvalue weighted by Crippen LogP contribution is -2.02. The lowest BCUT2D eigenvalue weighted by molar-refractivity contribution is 0.215. The van der Waals surface area contributed by atoms with Gasteiger partial charge in [0.2, 0.25) is 0 Å². The van der Waals surface area contributed by atoms with Crippen molar-refractivity contribution in [3.63, 3.8) is 0 Å². The van der Waals surface area contributed by atoms with E-state index in [4.69, 9.17) is 14.3 Å². The Morgan fingerprint density at radius 2 is 1.92 bits per heavy atom. The summed E-state index contributed by atoms with van der Waals surface area (Å²) in [6.45, 7) is 6.97. The zero-order chi connectivity index (χ0) is 18.2. The second kappa shape index (κ2) is 8.92. The molecule has 0 N–H and O–H groups in total. The molecule has 0 fully saturated rings. The monoisotopic (exact) mass is 343 g/mol. The summed E-state index contributed by atoms with van der Waals surface area (Å²) in [6, 6.07) is 3.98. The zero-order valence-corrected chi connectivity index (χ0v) is 15.4. The van der Waals surface area contributed by atoms with Crippen molar-refractivity contribution in [2.24, 2.45) is 12.2 Å². The third-order valence-corrected chi connectivity index (χ3v) is 3.61. The molecule has 0 saturated heterocycles. The number of rotatable bonds is 8. The molecule has 0 atom stereocenters. The Balaban J connectivity index is 2.12. The Morgan fingerprint density at radius 1 is 1.20 bits per heavy atom. The maximum atomic E-state index is 6.04. The molecule has 25 heavy (non-hydrogen) atoms. The summed E-state index contributed by atoms with van der Waals surface area (Å²) in [7, 11) is 3.36. The van der Waals surface area contributed by atoms with E-state index >= 15 is 0 Å². The highest BCUT2D eigenvalue weighted by Gasteiger charge is 2.11. The van der Waals surface area contributed by atoms with Crippen LogP contribution in [-0.4, -0.2) is 29.7 Å². The van der Waals surface area contributed by atoms with E-state index in [9.17, 15) is 0 Å². The number of benzene rings is 1. The number of hydrogen-bond donors (Lipinski definition) is 0. The third kappa shape index (κ3) is 5.11. The Morgan fingerprint density at radius 3 is 2.56 bits per heavy atom. The molecule has 1 heterocycles. The summed E-state index contributed by atoms with van der Waals surface area (Å²) in [5.74, 6) is 1.70. The van der Waals surface area contributed by atoms with E-state index in [1.165, 1.54) is 7.11 Å². The van der Waals surface area contributed by atoms with Gasteiger partial charge >= 0.3 is 0 Å². The number of nitrogens with zero attached hydrogens (tertiary/aromatic N) is 3. The predicted molar refractivity (Wildman–Crippen MR) is 98.4 cm³/mol. The second-order valence-electron chi connectivity index (χ2n) is 5.69. The number of aryl methyl sites for hydroxylation is 3. The van der Waals surface area contributed by atoms with Crippen LogP contribution in [0.3, 0.4) is 0 Å². The molecule has 6 nitrogen and oxygen atoms in total. The normalized spacial score (nSPS) is 11.4. The first kappa shape index (κ1) is 18.6. The number of ether oxygens (including phenoxy) is 2. The molecule has 0 aliphatic carbocycles. The first-order valence-corrected chi connectivity index (χ1v) is 8.12. The molecule has 2 rings (SSSR count). The fourth-order valence-electron chi connectivity index (χ4n) is 2.49. The Labute approximate surface area is 148 Å². The van der Waals surface area contributed by atoms with Gasteiger partial charge in [-0.15, -0.1) is 0 Å². The standard InChI is InChI=1S/C19H25N3O3/c1-6-7-8-24-17-9-14(2)19(15(3)10-17)25-13-16-12-22(4)21-18(16)11-20-23-5/h6-7,9-12H,8,13H2,1-5H3/b7-6+,20-11?. The Kier molecular flexibility index (Phi) is 6.62. The van der Waals surface area contributed by atoms with Gasteiger partial charge in [0.1, 0.15) is 37.5 Å². The van der Waals surface area contributed by atoms with E-state index in [1.54, 1.807) is 10.9 Å². The summed E-state index contributed by atoms with van der Waals surface area (Å²) < 4.78 is 13.5. The van der Waals surface area contributed by atoms with Gasteiger partial charge in [-0.25, -0.2) is 0 Å². The van der Waals surface area contributed by atoms with Gasteiger partial charge in [0.25, 0.3) is 0 Å². The lowest BCUT2D eigenvalue weighted by atomic mass is 10.1. The van der Waals surface area contributed by atoms with Gasteiger partial charge in [0.15, 0.2) is 0 Å². The van der Waals surface area contributed by atoms with Gasteiger partial charge in [-0.05, 0) is 44.0 Å². The smallest absolute Gasteiger partial charge is 0.125 e. The second-order valence-corrected chi connectivity index (χ2v) is 5.69. The average Bonchev–Trinajstić information content (AvgIpc) is 2.92. The van der Waals surface area contributed by atoms with E-state index in [0.29, 0.717) is 13.2 Å². The molecule has 0 saturated carbocycles. The average molecular weight is 343 g/mol. The van der Waals surface area contributed by atoms with E-state index in [-0.39, 0.29) is 0 Å². The highest BCUT2D eigenvalue weighted by atomic mass is 16.6. The van der Waals surface area contributed by atoms with Crippen molar-refractivity contribution >= 4 is 6.21 Å². The molecule has 0 bridgehead atoms. The fourth-order valence-corrected chi connectivity index (χ4v) is 2.49. The molecule has 0 spiro atoms. The highest BCUT2D eigenvalue weighted by molar-refractivity contribution is 5.78. The van der Waals surface area contributed by atoms with Crippen LogP contribution in [0.25, 0.3) is 0 Å². The predicted octanol–water partition coefficient (Wildman–Crippen LogP) is 3.55. The van der Waals surface area contributed by atoms with Crippen LogP contribution >= 0.6 is 0 Å². The Hall–Kier alpha value is -2.76. The van der Waals surface area contributed by atoms with E-state index in [2.05, 4.69) is 10.3 Å². The molecule has 1 aromatic heterocycles. The summed E-state index contributed by atoms with van der Waals surface area (Å²) >= 11 is 0. The van der Waals surface area contributed by atoms with Crippen LogP contribution < -0.4 is 9.47 Å². The molecule has 1 aromatic carbocycles. The van der Waals surface area contributed by atoms with Crippen molar-refractivity contribution in [2.75, 3.05) is 13.7 Å². The minimum atomic E-state index is 0.402. The van der Waals surface area contributed by atoms with E-state index in [1.807, 2.05) is 58.3 Å². The summed E-state index contributed by atoms with van der Waals surface area (Å²) in [5.41, 5.74) is 3.74. The highest BCUT2D eigenvalue weighted by Crippen LogP contribution is 2.29. The van der Waals surface area contributed by atoms with Gasteiger partial charge in [-0.3, -0.25) is 4.68 Å². The molecule has 6 heteroatoms. The van der Waals surface area contributed by atoms with E-state index in [0.717, 1.165) is 33.9 Å². The van der Waals surface area contributed by atoms with E-state index < -0.39 is 0 Å². The Bertz CT molecular complexity index is 740. The molecule has 2 aromatic rings. The van der Waals surface area contributed by atoms with Gasteiger partial charge in [-0.1, -0.05) is 17.3 Å². The van der Waals surface area contributed by atoms with Crippen LogP contribution in [-0.2, 0) is 18.5 Å². The first-order valence-electron chi connectivity index (χ1n) is 8.12. The molecule has 0 radical (unpaired) electrons. The van der Waals surface area contributed by atoms with Crippen molar-refractivity contribution < 1.29 is 14.3 Å². The van der Waals surface area contributed by atoms with Crippen LogP contribution in [0, 0.1) is 13.8 Å².